The lowest BCUT2D eigenvalue weighted by atomic mass is 9.84. The first-order valence-electron chi connectivity index (χ1n) is 8.67. The Hall–Kier alpha value is -1.27. The third-order valence-electron chi connectivity index (χ3n) is 4.40. The van der Waals surface area contributed by atoms with E-state index in [2.05, 4.69) is 4.74 Å². The fourth-order valence-corrected chi connectivity index (χ4v) is 2.33. The van der Waals surface area contributed by atoms with Gasteiger partial charge in [-0.3, -0.25) is 0 Å². The Kier molecular flexibility index (Phi) is 9.29. The van der Waals surface area contributed by atoms with E-state index in [1.807, 2.05) is 0 Å². The Morgan fingerprint density at radius 1 is 0.588 bits per heavy atom. The largest absolute Gasteiger partial charge is 0.460 e. The van der Waals surface area contributed by atoms with Crippen molar-refractivity contribution in [1.82, 2.24) is 0 Å². The molecule has 0 amide bonds. The van der Waals surface area contributed by atoms with Crippen molar-refractivity contribution in [3.63, 3.8) is 0 Å². The fraction of sp³-hybridized carbons (Fsp3) is 1.00. The molecule has 19 heteroatoms. The highest BCUT2D eigenvalue weighted by atomic mass is 19.4. The smallest absolute Gasteiger partial charge is 0.396 e. The lowest BCUT2D eigenvalue weighted by molar-refractivity contribution is -0.463. The van der Waals surface area contributed by atoms with Gasteiger partial charge in [0, 0.05) is 13.2 Å². The summed E-state index contributed by atoms with van der Waals surface area (Å²) in [7, 11) is 0. The lowest BCUT2D eigenvalue weighted by Crippen LogP contribution is -2.75. The summed E-state index contributed by atoms with van der Waals surface area (Å²) in [4.78, 5) is 0. The molecular formula is C15H15F17O2. The van der Waals surface area contributed by atoms with E-state index in [1.165, 1.54) is 6.92 Å². The van der Waals surface area contributed by atoms with Gasteiger partial charge in [-0.15, -0.1) is 0 Å². The van der Waals surface area contributed by atoms with Crippen LogP contribution in [0.3, 0.4) is 0 Å². The van der Waals surface area contributed by atoms with Crippen LogP contribution in [0.2, 0.25) is 0 Å². The zero-order chi connectivity index (χ0) is 27.8. The normalized spacial score (nSPS) is 16.7. The molecule has 0 radical (unpaired) electrons. The van der Waals surface area contributed by atoms with Gasteiger partial charge in [-0.25, -0.2) is 0 Å². The van der Waals surface area contributed by atoms with E-state index in [9.17, 15) is 74.6 Å². The van der Waals surface area contributed by atoms with Gasteiger partial charge in [-0.2, -0.15) is 74.6 Å². The van der Waals surface area contributed by atoms with Gasteiger partial charge >= 0.3 is 47.6 Å². The summed E-state index contributed by atoms with van der Waals surface area (Å²) in [5, 5.41) is 8.61. The Morgan fingerprint density at radius 3 is 1.26 bits per heavy atom. The third-order valence-corrected chi connectivity index (χ3v) is 4.40. The molecule has 0 aromatic heterocycles. The van der Waals surface area contributed by atoms with E-state index >= 15 is 0 Å². The van der Waals surface area contributed by atoms with Crippen LogP contribution in [-0.2, 0) is 4.74 Å². The van der Waals surface area contributed by atoms with E-state index in [0.717, 1.165) is 0 Å². The molecule has 0 aromatic rings. The van der Waals surface area contributed by atoms with Gasteiger partial charge in [0.15, 0.2) is 0 Å². The number of halogens is 17. The highest BCUT2D eigenvalue weighted by molar-refractivity contribution is 5.15. The summed E-state index contributed by atoms with van der Waals surface area (Å²) in [6, 6.07) is 0. The molecule has 0 saturated carbocycles. The Bertz CT molecular complexity index is 670. The van der Waals surface area contributed by atoms with Crippen molar-refractivity contribution in [3.05, 3.63) is 0 Å². The molecule has 0 rings (SSSR count). The highest BCUT2D eigenvalue weighted by Crippen LogP contribution is 2.64. The van der Waals surface area contributed by atoms with Crippen LogP contribution in [0.15, 0.2) is 0 Å². The maximum absolute atomic E-state index is 14.1. The summed E-state index contributed by atoms with van der Waals surface area (Å²) in [5.74, 6) is -60.0. The second kappa shape index (κ2) is 9.65. The Labute approximate surface area is 179 Å². The quantitative estimate of drug-likeness (QED) is 0.212. The van der Waals surface area contributed by atoms with E-state index in [4.69, 9.17) is 5.11 Å². The van der Waals surface area contributed by atoms with Gasteiger partial charge in [0.05, 0.1) is 12.5 Å². The third kappa shape index (κ3) is 4.74. The zero-order valence-corrected chi connectivity index (χ0v) is 16.4. The van der Waals surface area contributed by atoms with Crippen LogP contribution >= 0.6 is 0 Å². The molecule has 0 fully saturated rings. The molecule has 2 nitrogen and oxygen atoms in total. The van der Waals surface area contributed by atoms with Gasteiger partial charge in [0.2, 0.25) is 0 Å². The van der Waals surface area contributed by atoms with Gasteiger partial charge in [0.25, 0.3) is 0 Å². The van der Waals surface area contributed by atoms with Crippen molar-refractivity contribution in [2.45, 2.75) is 67.4 Å². The molecule has 0 aromatic carbocycles. The SMILES string of the molecule is CCCOCC(CCO)C(F)(F)C(F)(F)C(F)(F)C(F)(F)C(F)(F)C(F)(F)C(F)(F)C(F)(F)F. The summed E-state index contributed by atoms with van der Waals surface area (Å²) in [6.45, 7) is -2.45. The molecule has 0 spiro atoms. The minimum absolute atomic E-state index is 0.0171. The van der Waals surface area contributed by atoms with E-state index in [-0.39, 0.29) is 6.42 Å². The summed E-state index contributed by atoms with van der Waals surface area (Å²) < 4.78 is 230. The van der Waals surface area contributed by atoms with Gasteiger partial charge in [-0.1, -0.05) is 6.92 Å². The van der Waals surface area contributed by atoms with Crippen LogP contribution < -0.4 is 0 Å². The Balaban J connectivity index is 6.68. The molecule has 0 aliphatic rings. The second-order valence-corrected chi connectivity index (χ2v) is 6.85. The fourth-order valence-electron chi connectivity index (χ4n) is 2.33. The van der Waals surface area contributed by atoms with Crippen LogP contribution in [0.5, 0.6) is 0 Å². The standard InChI is InChI=1S/C15H15F17O2/c1-2-5-34-6-7(3-4-33)8(16,17)9(18,19)10(20,21)11(22,23)12(24,25)13(26,27)14(28,29)15(30,31)32/h7,33H,2-6H2,1H3. The first kappa shape index (κ1) is 32.7. The lowest BCUT2D eigenvalue weighted by Gasteiger charge is -2.44. The maximum Gasteiger partial charge on any atom is 0.460 e. The molecule has 34 heavy (non-hydrogen) atoms. The molecule has 1 unspecified atom stereocenters. The zero-order valence-electron chi connectivity index (χ0n) is 16.4. The number of rotatable bonds is 13. The first-order valence-corrected chi connectivity index (χ1v) is 8.67. The molecule has 0 saturated heterocycles. The molecule has 1 N–H and O–H groups in total. The molecule has 0 heterocycles. The van der Waals surface area contributed by atoms with Crippen LogP contribution in [0.25, 0.3) is 0 Å². The van der Waals surface area contributed by atoms with Crippen molar-refractivity contribution in [2.24, 2.45) is 5.92 Å². The van der Waals surface area contributed by atoms with Crippen molar-refractivity contribution in [2.75, 3.05) is 19.8 Å². The molecule has 0 bridgehead atoms. The van der Waals surface area contributed by atoms with Gasteiger partial charge in [0.1, 0.15) is 0 Å². The second-order valence-electron chi connectivity index (χ2n) is 6.85. The van der Waals surface area contributed by atoms with E-state index in [0.29, 0.717) is 0 Å². The van der Waals surface area contributed by atoms with Crippen LogP contribution in [0.4, 0.5) is 74.6 Å². The predicted molar refractivity (Wildman–Crippen MR) is 77.0 cm³/mol. The number of alkyl halides is 17. The van der Waals surface area contributed by atoms with E-state index in [1.54, 1.807) is 0 Å². The predicted octanol–water partition coefficient (Wildman–Crippen LogP) is 6.42. The van der Waals surface area contributed by atoms with Crippen LogP contribution in [-0.4, -0.2) is 72.6 Å². The number of aliphatic hydroxyl groups is 1. The average molecular weight is 550 g/mol. The number of ether oxygens (including phenoxy) is 1. The topological polar surface area (TPSA) is 29.5 Å². The summed E-state index contributed by atoms with van der Waals surface area (Å²) >= 11 is 0. The number of hydrogen-bond acceptors (Lipinski definition) is 2. The molecule has 0 aliphatic carbocycles. The van der Waals surface area contributed by atoms with Gasteiger partial charge < -0.3 is 9.84 Å². The van der Waals surface area contributed by atoms with Crippen molar-refractivity contribution >= 4 is 0 Å². The number of hydrogen-bond donors (Lipinski definition) is 1. The van der Waals surface area contributed by atoms with Crippen LogP contribution in [0.1, 0.15) is 19.8 Å². The van der Waals surface area contributed by atoms with Gasteiger partial charge in [-0.05, 0) is 12.8 Å². The summed E-state index contributed by atoms with van der Waals surface area (Å²) in [5.41, 5.74) is 0. The van der Waals surface area contributed by atoms with E-state index < -0.39 is 79.8 Å². The number of aliphatic hydroxyl groups excluding tert-OH is 1. The molecule has 206 valence electrons. The summed E-state index contributed by atoms with van der Waals surface area (Å²) in [6.07, 6.45) is -9.44. The molecular weight excluding hydrogens is 535 g/mol. The average Bonchev–Trinajstić information content (AvgIpc) is 2.65. The minimum Gasteiger partial charge on any atom is -0.396 e. The first-order chi connectivity index (χ1) is 14.8. The van der Waals surface area contributed by atoms with Crippen molar-refractivity contribution in [3.8, 4) is 0 Å². The Morgan fingerprint density at radius 2 is 0.941 bits per heavy atom. The highest BCUT2D eigenvalue weighted by Gasteiger charge is 2.95. The molecule has 0 aliphatic heterocycles. The van der Waals surface area contributed by atoms with Crippen LogP contribution in [0, 0.1) is 5.92 Å². The van der Waals surface area contributed by atoms with Crippen molar-refractivity contribution < 1.29 is 84.5 Å². The minimum atomic E-state index is -8.66. The van der Waals surface area contributed by atoms with Crippen molar-refractivity contribution in [1.29, 1.82) is 0 Å². The maximum atomic E-state index is 14.1. The molecule has 1 atom stereocenters. The monoisotopic (exact) mass is 550 g/mol.